The van der Waals surface area contributed by atoms with Crippen molar-refractivity contribution >= 4 is 11.8 Å². The molecule has 2 N–H and O–H groups in total. The molecule has 0 saturated heterocycles. The number of rotatable bonds is 8. The molecule has 0 aromatic heterocycles. The van der Waals surface area contributed by atoms with E-state index in [2.05, 4.69) is 10.6 Å². The van der Waals surface area contributed by atoms with Gasteiger partial charge in [-0.2, -0.15) is 0 Å². The smallest absolute Gasteiger partial charge is 0.235 e. The van der Waals surface area contributed by atoms with Crippen LogP contribution in [0.5, 0.6) is 5.75 Å². The average molecular weight is 370 g/mol. The van der Waals surface area contributed by atoms with E-state index in [-0.39, 0.29) is 24.2 Å². The number of para-hydroxylation sites is 1. The van der Waals surface area contributed by atoms with E-state index in [1.807, 2.05) is 24.3 Å². The van der Waals surface area contributed by atoms with Crippen molar-refractivity contribution in [1.29, 1.82) is 0 Å². The molecule has 0 radical (unpaired) electrons. The molecule has 2 aromatic rings. The van der Waals surface area contributed by atoms with Crippen molar-refractivity contribution in [2.75, 3.05) is 13.7 Å². The van der Waals surface area contributed by atoms with Gasteiger partial charge >= 0.3 is 0 Å². The zero-order valence-corrected chi connectivity index (χ0v) is 15.3. The molecule has 0 unspecified atom stereocenters. The van der Waals surface area contributed by atoms with Crippen molar-refractivity contribution in [3.63, 3.8) is 0 Å². The molecule has 5 nitrogen and oxygen atoms in total. The molecule has 27 heavy (non-hydrogen) atoms. The predicted molar refractivity (Wildman–Crippen MR) is 99.6 cm³/mol. The number of nitrogens with one attached hydrogen (secondary N) is 2. The molecule has 1 saturated carbocycles. The van der Waals surface area contributed by atoms with Gasteiger partial charge < -0.3 is 15.4 Å². The molecule has 2 amide bonds. The average Bonchev–Trinajstić information content (AvgIpc) is 3.50. The van der Waals surface area contributed by atoms with E-state index < -0.39 is 5.41 Å². The molecule has 0 atom stereocenters. The first-order chi connectivity index (χ1) is 13.0. The summed E-state index contributed by atoms with van der Waals surface area (Å²) in [6.07, 6.45) is 1.72. The molecule has 6 heteroatoms. The van der Waals surface area contributed by atoms with Crippen LogP contribution >= 0.6 is 0 Å². The lowest BCUT2D eigenvalue weighted by molar-refractivity contribution is -0.137. The Labute approximate surface area is 157 Å². The molecule has 3 rings (SSSR count). The fourth-order valence-corrected chi connectivity index (χ4v) is 3.03. The quantitative estimate of drug-likeness (QED) is 0.702. The predicted octanol–water partition coefficient (Wildman–Crippen LogP) is 2.59. The molecule has 0 spiro atoms. The van der Waals surface area contributed by atoms with E-state index in [9.17, 15) is 14.0 Å². The minimum absolute atomic E-state index is 0.242. The highest BCUT2D eigenvalue weighted by molar-refractivity contribution is 6.07. The van der Waals surface area contributed by atoms with Crippen LogP contribution in [0.3, 0.4) is 0 Å². The molecule has 142 valence electrons. The Morgan fingerprint density at radius 1 is 1.04 bits per heavy atom. The Morgan fingerprint density at radius 3 is 2.37 bits per heavy atom. The van der Waals surface area contributed by atoms with Gasteiger partial charge in [-0.25, -0.2) is 4.39 Å². The van der Waals surface area contributed by atoms with Crippen molar-refractivity contribution in [3.8, 4) is 5.75 Å². The minimum Gasteiger partial charge on any atom is -0.496 e. The lowest BCUT2D eigenvalue weighted by Crippen LogP contribution is -2.43. The van der Waals surface area contributed by atoms with E-state index in [0.717, 1.165) is 16.9 Å². The first kappa shape index (κ1) is 18.9. The van der Waals surface area contributed by atoms with E-state index >= 15 is 0 Å². The maximum absolute atomic E-state index is 12.9. The Morgan fingerprint density at radius 2 is 1.70 bits per heavy atom. The van der Waals surface area contributed by atoms with Crippen molar-refractivity contribution in [2.45, 2.75) is 25.8 Å². The minimum atomic E-state index is -0.971. The maximum atomic E-state index is 12.9. The van der Waals surface area contributed by atoms with Crippen LogP contribution in [0.15, 0.2) is 48.5 Å². The molecule has 0 bridgehead atoms. The van der Waals surface area contributed by atoms with Crippen LogP contribution in [0.4, 0.5) is 4.39 Å². The summed E-state index contributed by atoms with van der Waals surface area (Å²) in [7, 11) is 1.61. The van der Waals surface area contributed by atoms with Gasteiger partial charge in [-0.3, -0.25) is 9.59 Å². The highest BCUT2D eigenvalue weighted by Gasteiger charge is 2.56. The molecule has 0 aliphatic heterocycles. The van der Waals surface area contributed by atoms with Crippen LogP contribution in [0.1, 0.15) is 24.0 Å². The molecular weight excluding hydrogens is 347 g/mol. The van der Waals surface area contributed by atoms with E-state index in [1.54, 1.807) is 19.2 Å². The molecule has 1 aliphatic rings. The number of ether oxygens (including phenoxy) is 1. The van der Waals surface area contributed by atoms with Crippen LogP contribution < -0.4 is 15.4 Å². The number of hydrogen-bond acceptors (Lipinski definition) is 3. The van der Waals surface area contributed by atoms with E-state index in [4.69, 9.17) is 4.74 Å². The van der Waals surface area contributed by atoms with Crippen LogP contribution in [0.25, 0.3) is 0 Å². The highest BCUT2D eigenvalue weighted by atomic mass is 19.1. The SMILES string of the molecule is COc1ccccc1CCNC(=O)C1(C(=O)NCc2ccc(F)cc2)CC1. The topological polar surface area (TPSA) is 67.4 Å². The van der Waals surface area contributed by atoms with Gasteiger partial charge in [0.15, 0.2) is 0 Å². The number of carbonyl (C=O) groups excluding carboxylic acids is 2. The Bertz CT molecular complexity index is 816. The van der Waals surface area contributed by atoms with Gasteiger partial charge in [-0.15, -0.1) is 0 Å². The monoisotopic (exact) mass is 370 g/mol. The van der Waals surface area contributed by atoms with Gasteiger partial charge in [0.25, 0.3) is 0 Å². The second kappa shape index (κ2) is 8.20. The second-order valence-electron chi connectivity index (χ2n) is 6.71. The normalized spacial score (nSPS) is 14.3. The molecule has 0 heterocycles. The zero-order valence-electron chi connectivity index (χ0n) is 15.3. The zero-order chi connectivity index (χ0) is 19.3. The van der Waals surface area contributed by atoms with Crippen LogP contribution in [-0.4, -0.2) is 25.5 Å². The number of halogens is 1. The lowest BCUT2D eigenvalue weighted by Gasteiger charge is -2.16. The lowest BCUT2D eigenvalue weighted by atomic mass is 10.0. The Kier molecular flexibility index (Phi) is 5.74. The Hall–Kier alpha value is -2.89. The maximum Gasteiger partial charge on any atom is 0.235 e. The van der Waals surface area contributed by atoms with Gasteiger partial charge in [0.05, 0.1) is 7.11 Å². The van der Waals surface area contributed by atoms with E-state index in [0.29, 0.717) is 25.8 Å². The van der Waals surface area contributed by atoms with Crippen LogP contribution in [-0.2, 0) is 22.6 Å². The molecule has 1 aliphatic carbocycles. The Balaban J connectivity index is 1.49. The van der Waals surface area contributed by atoms with E-state index in [1.165, 1.54) is 12.1 Å². The van der Waals surface area contributed by atoms with Gasteiger partial charge in [-0.05, 0) is 48.6 Å². The number of hydrogen-bond donors (Lipinski definition) is 2. The number of carbonyl (C=O) groups is 2. The van der Waals surface area contributed by atoms with Crippen molar-refractivity contribution in [2.24, 2.45) is 5.41 Å². The number of amides is 2. The van der Waals surface area contributed by atoms with Crippen LogP contribution in [0, 0.1) is 11.2 Å². The van der Waals surface area contributed by atoms with Crippen molar-refractivity contribution < 1.29 is 18.7 Å². The number of benzene rings is 2. The van der Waals surface area contributed by atoms with Crippen LogP contribution in [0.2, 0.25) is 0 Å². The summed E-state index contributed by atoms with van der Waals surface area (Å²) >= 11 is 0. The molecule has 1 fully saturated rings. The van der Waals surface area contributed by atoms with Gasteiger partial charge in [-0.1, -0.05) is 30.3 Å². The third-order valence-corrected chi connectivity index (χ3v) is 4.86. The third-order valence-electron chi connectivity index (χ3n) is 4.86. The largest absolute Gasteiger partial charge is 0.496 e. The third kappa shape index (κ3) is 4.45. The summed E-state index contributed by atoms with van der Waals surface area (Å²) in [6.45, 7) is 0.710. The summed E-state index contributed by atoms with van der Waals surface area (Å²) in [6, 6.07) is 13.6. The van der Waals surface area contributed by atoms with Gasteiger partial charge in [0, 0.05) is 13.1 Å². The second-order valence-corrected chi connectivity index (χ2v) is 6.71. The molecular formula is C21H23FN2O3. The highest BCUT2D eigenvalue weighted by Crippen LogP contribution is 2.46. The first-order valence-corrected chi connectivity index (χ1v) is 8.98. The van der Waals surface area contributed by atoms with Crippen molar-refractivity contribution in [1.82, 2.24) is 10.6 Å². The summed E-state index contributed by atoms with van der Waals surface area (Å²) in [5.41, 5.74) is 0.823. The number of methoxy groups -OCH3 is 1. The summed E-state index contributed by atoms with van der Waals surface area (Å²) in [5.74, 6) is -0.0568. The fourth-order valence-electron chi connectivity index (χ4n) is 3.03. The summed E-state index contributed by atoms with van der Waals surface area (Å²) in [5, 5.41) is 5.65. The first-order valence-electron chi connectivity index (χ1n) is 8.98. The van der Waals surface area contributed by atoms with Gasteiger partial charge in [0.2, 0.25) is 11.8 Å². The summed E-state index contributed by atoms with van der Waals surface area (Å²) < 4.78 is 18.2. The van der Waals surface area contributed by atoms with Crippen molar-refractivity contribution in [3.05, 3.63) is 65.5 Å². The fraction of sp³-hybridized carbons (Fsp3) is 0.333. The van der Waals surface area contributed by atoms with Gasteiger partial charge in [0.1, 0.15) is 17.0 Å². The molecule has 2 aromatic carbocycles. The standard InChI is InChI=1S/C21H23FN2O3/c1-27-18-5-3-2-4-16(18)10-13-23-19(25)21(11-12-21)20(26)24-14-15-6-8-17(22)9-7-15/h2-9H,10-14H2,1H3,(H,23,25)(H,24,26). The summed E-state index contributed by atoms with van der Waals surface area (Å²) in [4.78, 5) is 25.0.